The highest BCUT2D eigenvalue weighted by Crippen LogP contribution is 2.10. The summed E-state index contributed by atoms with van der Waals surface area (Å²) in [7, 11) is -1.39. The predicted octanol–water partition coefficient (Wildman–Crippen LogP) is 1.86. The maximum Gasteiger partial charge on any atom is 0.190 e. The fourth-order valence-corrected chi connectivity index (χ4v) is 2.78. The fourth-order valence-electron chi connectivity index (χ4n) is 2.15. The first-order valence-corrected chi connectivity index (χ1v) is 10.5. The van der Waals surface area contributed by atoms with Crippen LogP contribution in [0, 0.1) is 5.92 Å². The van der Waals surface area contributed by atoms with Gasteiger partial charge in [-0.15, -0.1) is 0 Å². The van der Waals surface area contributed by atoms with Crippen molar-refractivity contribution in [3.8, 4) is 0 Å². The van der Waals surface area contributed by atoms with Gasteiger partial charge in [-0.1, -0.05) is 26.0 Å². The van der Waals surface area contributed by atoms with Crippen molar-refractivity contribution in [3.05, 3.63) is 29.8 Å². The molecule has 7 heteroatoms. The quantitative estimate of drug-likeness (QED) is 0.374. The maximum absolute atomic E-state index is 11.4. The highest BCUT2D eigenvalue weighted by molar-refractivity contribution is 7.90. The van der Waals surface area contributed by atoms with Gasteiger partial charge in [-0.05, 0) is 36.5 Å². The molecule has 0 bridgehead atoms. The van der Waals surface area contributed by atoms with Crippen LogP contribution in [0.3, 0.4) is 0 Å². The van der Waals surface area contributed by atoms with Crippen LogP contribution in [0.4, 0.5) is 0 Å². The number of hydrogen-bond donors (Lipinski definition) is 2. The van der Waals surface area contributed by atoms with Gasteiger partial charge in [0.25, 0.3) is 0 Å². The number of nitrogens with one attached hydrogen (secondary N) is 2. The van der Waals surface area contributed by atoms with E-state index in [9.17, 15) is 8.42 Å². The Morgan fingerprint density at radius 2 is 1.80 bits per heavy atom. The third-order valence-corrected chi connectivity index (χ3v) is 4.62. The van der Waals surface area contributed by atoms with Gasteiger partial charge in [0.2, 0.25) is 0 Å². The Hall–Kier alpha value is -1.60. The molecule has 1 rings (SSSR count). The molecule has 0 aliphatic carbocycles. The van der Waals surface area contributed by atoms with E-state index in [-0.39, 0.29) is 0 Å². The van der Waals surface area contributed by atoms with Crippen LogP contribution in [0.1, 0.15) is 25.8 Å². The zero-order chi connectivity index (χ0) is 18.7. The second-order valence-electron chi connectivity index (χ2n) is 6.41. The molecule has 0 saturated heterocycles. The van der Waals surface area contributed by atoms with Crippen LogP contribution in [0.25, 0.3) is 0 Å². The SMILES string of the molecule is CN=C(NCCCOCC(C)C)NCCc1ccc(S(C)(=O)=O)cc1. The molecule has 0 unspecified atom stereocenters. The van der Waals surface area contributed by atoms with Crippen molar-refractivity contribution in [1.82, 2.24) is 10.6 Å². The second-order valence-corrected chi connectivity index (χ2v) is 8.43. The molecule has 142 valence electrons. The van der Waals surface area contributed by atoms with Crippen molar-refractivity contribution in [2.24, 2.45) is 10.9 Å². The highest BCUT2D eigenvalue weighted by atomic mass is 32.2. The molecule has 0 spiro atoms. The van der Waals surface area contributed by atoms with E-state index in [1.807, 2.05) is 12.1 Å². The van der Waals surface area contributed by atoms with Gasteiger partial charge in [-0.25, -0.2) is 8.42 Å². The number of benzene rings is 1. The van der Waals surface area contributed by atoms with Gasteiger partial charge in [-0.2, -0.15) is 0 Å². The van der Waals surface area contributed by atoms with E-state index in [1.165, 1.54) is 6.26 Å². The van der Waals surface area contributed by atoms with Gasteiger partial charge in [0, 0.05) is 39.6 Å². The largest absolute Gasteiger partial charge is 0.381 e. The van der Waals surface area contributed by atoms with Crippen molar-refractivity contribution in [1.29, 1.82) is 0 Å². The lowest BCUT2D eigenvalue weighted by Gasteiger charge is -2.12. The Morgan fingerprint density at radius 3 is 2.36 bits per heavy atom. The summed E-state index contributed by atoms with van der Waals surface area (Å²) in [5.41, 5.74) is 1.08. The van der Waals surface area contributed by atoms with Crippen molar-refractivity contribution >= 4 is 15.8 Å². The molecule has 25 heavy (non-hydrogen) atoms. The van der Waals surface area contributed by atoms with Crippen LogP contribution in [-0.2, 0) is 21.0 Å². The Balaban J connectivity index is 2.24. The van der Waals surface area contributed by atoms with E-state index in [2.05, 4.69) is 29.5 Å². The number of rotatable bonds is 10. The molecule has 0 atom stereocenters. The number of nitrogens with zero attached hydrogens (tertiary/aromatic N) is 1. The molecule has 2 N–H and O–H groups in total. The average molecular weight is 370 g/mol. The van der Waals surface area contributed by atoms with Gasteiger partial charge in [0.05, 0.1) is 4.90 Å². The molecule has 1 aromatic carbocycles. The first-order chi connectivity index (χ1) is 11.8. The molecule has 0 aromatic heterocycles. The minimum atomic E-state index is -3.13. The van der Waals surface area contributed by atoms with Crippen LogP contribution in [0.2, 0.25) is 0 Å². The summed E-state index contributed by atoms with van der Waals surface area (Å²) in [6, 6.07) is 6.99. The van der Waals surface area contributed by atoms with Crippen molar-refractivity contribution < 1.29 is 13.2 Å². The predicted molar refractivity (Wildman–Crippen MR) is 103 cm³/mol. The van der Waals surface area contributed by atoms with Gasteiger partial charge in [0.15, 0.2) is 15.8 Å². The fraction of sp³-hybridized carbons (Fsp3) is 0.611. The van der Waals surface area contributed by atoms with Crippen LogP contribution in [0.5, 0.6) is 0 Å². The standard InChI is InChI=1S/C18H31N3O3S/c1-15(2)14-24-13-5-11-20-18(19-3)21-12-10-16-6-8-17(9-7-16)25(4,22)23/h6-9,15H,5,10-14H2,1-4H3,(H2,19,20,21). The van der Waals surface area contributed by atoms with Crippen molar-refractivity contribution in [2.45, 2.75) is 31.6 Å². The molecular formula is C18H31N3O3S. The lowest BCUT2D eigenvalue weighted by atomic mass is 10.1. The third-order valence-electron chi connectivity index (χ3n) is 3.49. The van der Waals surface area contributed by atoms with E-state index < -0.39 is 9.84 Å². The van der Waals surface area contributed by atoms with Gasteiger partial charge in [-0.3, -0.25) is 4.99 Å². The summed E-state index contributed by atoms with van der Waals surface area (Å²) in [6.07, 6.45) is 2.94. The van der Waals surface area contributed by atoms with E-state index >= 15 is 0 Å². The Kier molecular flexibility index (Phi) is 9.52. The topological polar surface area (TPSA) is 79.8 Å². The van der Waals surface area contributed by atoms with E-state index in [1.54, 1.807) is 19.2 Å². The van der Waals surface area contributed by atoms with Crippen LogP contribution >= 0.6 is 0 Å². The zero-order valence-corrected chi connectivity index (χ0v) is 16.5. The minimum absolute atomic E-state index is 0.348. The first-order valence-electron chi connectivity index (χ1n) is 8.64. The second kappa shape index (κ2) is 11.1. The van der Waals surface area contributed by atoms with Gasteiger partial charge < -0.3 is 15.4 Å². The molecule has 0 fully saturated rings. The van der Waals surface area contributed by atoms with E-state index in [0.29, 0.717) is 10.8 Å². The average Bonchev–Trinajstić information content (AvgIpc) is 2.55. The van der Waals surface area contributed by atoms with Crippen LogP contribution < -0.4 is 10.6 Å². The van der Waals surface area contributed by atoms with Gasteiger partial charge in [0.1, 0.15) is 0 Å². The van der Waals surface area contributed by atoms with Gasteiger partial charge >= 0.3 is 0 Å². The molecule has 0 radical (unpaired) electrons. The summed E-state index contributed by atoms with van der Waals surface area (Å²) in [4.78, 5) is 4.53. The molecule has 0 aliphatic rings. The normalized spacial score (nSPS) is 12.4. The first kappa shape index (κ1) is 21.4. The molecule has 6 nitrogen and oxygen atoms in total. The van der Waals surface area contributed by atoms with Crippen LogP contribution in [-0.4, -0.2) is 54.0 Å². The Labute approximate surface area is 152 Å². The number of guanidine groups is 1. The Bertz CT molecular complexity index is 625. The summed E-state index contributed by atoms with van der Waals surface area (Å²) in [6.45, 7) is 7.35. The molecule has 0 heterocycles. The summed E-state index contributed by atoms with van der Waals surface area (Å²) < 4.78 is 28.4. The van der Waals surface area contributed by atoms with E-state index in [0.717, 1.165) is 50.7 Å². The minimum Gasteiger partial charge on any atom is -0.381 e. The molecular weight excluding hydrogens is 338 g/mol. The summed E-state index contributed by atoms with van der Waals surface area (Å²) >= 11 is 0. The third kappa shape index (κ3) is 9.45. The molecule has 0 aliphatic heterocycles. The lowest BCUT2D eigenvalue weighted by molar-refractivity contribution is 0.108. The number of ether oxygens (including phenoxy) is 1. The number of sulfone groups is 1. The smallest absolute Gasteiger partial charge is 0.190 e. The summed E-state index contributed by atoms with van der Waals surface area (Å²) in [5, 5.41) is 6.50. The monoisotopic (exact) mass is 369 g/mol. The lowest BCUT2D eigenvalue weighted by Crippen LogP contribution is -2.39. The summed E-state index contributed by atoms with van der Waals surface area (Å²) in [5.74, 6) is 1.32. The van der Waals surface area contributed by atoms with E-state index in [4.69, 9.17) is 4.74 Å². The zero-order valence-electron chi connectivity index (χ0n) is 15.7. The molecule has 0 amide bonds. The molecule has 0 saturated carbocycles. The van der Waals surface area contributed by atoms with Crippen LogP contribution in [0.15, 0.2) is 34.2 Å². The van der Waals surface area contributed by atoms with Crippen molar-refractivity contribution in [3.63, 3.8) is 0 Å². The maximum atomic E-state index is 11.4. The highest BCUT2D eigenvalue weighted by Gasteiger charge is 2.06. The number of hydrogen-bond acceptors (Lipinski definition) is 4. The number of aliphatic imine (C=N–C) groups is 1. The Morgan fingerprint density at radius 1 is 1.16 bits per heavy atom. The molecule has 1 aromatic rings. The van der Waals surface area contributed by atoms with Crippen molar-refractivity contribution in [2.75, 3.05) is 39.6 Å².